The van der Waals surface area contributed by atoms with E-state index in [0.29, 0.717) is 6.54 Å². The van der Waals surface area contributed by atoms with Crippen LogP contribution in [0, 0.1) is 5.82 Å². The number of nitrogens with one attached hydrogen (secondary N) is 1. The van der Waals surface area contributed by atoms with E-state index in [-0.39, 0.29) is 5.82 Å². The highest BCUT2D eigenvalue weighted by Crippen LogP contribution is 2.36. The van der Waals surface area contributed by atoms with Gasteiger partial charge in [-0.15, -0.1) is 11.3 Å². The van der Waals surface area contributed by atoms with Crippen LogP contribution in [0.3, 0.4) is 0 Å². The van der Waals surface area contributed by atoms with Crippen molar-refractivity contribution >= 4 is 27.4 Å². The predicted octanol–water partition coefficient (Wildman–Crippen LogP) is 4.94. The van der Waals surface area contributed by atoms with E-state index in [0.717, 1.165) is 60.0 Å². The van der Waals surface area contributed by atoms with Gasteiger partial charge < -0.3 is 10.1 Å². The number of hydrogen-bond donors (Lipinski definition) is 1. The van der Waals surface area contributed by atoms with Crippen LogP contribution in [0.2, 0.25) is 0 Å². The number of benzene rings is 2. The summed E-state index contributed by atoms with van der Waals surface area (Å²) in [5, 5.41) is 6.50. The second-order valence-corrected chi connectivity index (χ2v) is 8.48. The Morgan fingerprint density at radius 1 is 0.968 bits per heavy atom. The third-order valence-electron chi connectivity index (χ3n) is 5.52. The van der Waals surface area contributed by atoms with Crippen LogP contribution >= 0.6 is 11.3 Å². The molecule has 0 aliphatic carbocycles. The van der Waals surface area contributed by atoms with Crippen molar-refractivity contribution in [3.05, 3.63) is 77.2 Å². The van der Waals surface area contributed by atoms with Crippen molar-refractivity contribution in [2.24, 2.45) is 0 Å². The molecule has 1 aliphatic heterocycles. The summed E-state index contributed by atoms with van der Waals surface area (Å²) in [6.45, 7) is 5.24. The van der Waals surface area contributed by atoms with Gasteiger partial charge in [-0.1, -0.05) is 36.4 Å². The lowest BCUT2D eigenvalue weighted by molar-refractivity contribution is 0.0342. The van der Waals surface area contributed by atoms with E-state index >= 15 is 0 Å². The van der Waals surface area contributed by atoms with Gasteiger partial charge in [0.05, 0.1) is 18.6 Å². The SMILES string of the molecule is Fc1ccc(-c2csc3ncnc(NCc4ccc(CN5CCOCC5)cc4)c23)cc1. The minimum atomic E-state index is -0.241. The summed E-state index contributed by atoms with van der Waals surface area (Å²) < 4.78 is 18.8. The molecule has 0 unspecified atom stereocenters. The third-order valence-corrected chi connectivity index (χ3v) is 6.40. The minimum absolute atomic E-state index is 0.241. The summed E-state index contributed by atoms with van der Waals surface area (Å²) in [6.07, 6.45) is 1.58. The average molecular weight is 435 g/mol. The van der Waals surface area contributed by atoms with E-state index in [2.05, 4.69) is 49.8 Å². The van der Waals surface area contributed by atoms with E-state index in [4.69, 9.17) is 4.74 Å². The summed E-state index contributed by atoms with van der Waals surface area (Å²) in [5.41, 5.74) is 4.48. The first kappa shape index (κ1) is 20.1. The lowest BCUT2D eigenvalue weighted by Crippen LogP contribution is -2.35. The fourth-order valence-electron chi connectivity index (χ4n) is 3.82. The van der Waals surface area contributed by atoms with Gasteiger partial charge in [0.15, 0.2) is 0 Å². The molecule has 158 valence electrons. The van der Waals surface area contributed by atoms with Crippen molar-refractivity contribution in [3.8, 4) is 11.1 Å². The molecule has 3 heterocycles. The number of nitrogens with zero attached hydrogens (tertiary/aromatic N) is 3. The Balaban J connectivity index is 1.31. The molecule has 4 aromatic rings. The standard InChI is InChI=1S/C24H23FN4OS/c25-20-7-5-19(6-8-20)21-15-31-24-22(21)23(27-16-28-24)26-13-17-1-3-18(4-2-17)14-29-9-11-30-12-10-29/h1-8,15-16H,9-14H2,(H,26,27,28). The van der Waals surface area contributed by atoms with Crippen molar-refractivity contribution in [2.75, 3.05) is 31.6 Å². The number of hydrogen-bond acceptors (Lipinski definition) is 6. The van der Waals surface area contributed by atoms with Gasteiger partial charge in [-0.3, -0.25) is 4.90 Å². The fourth-order valence-corrected chi connectivity index (χ4v) is 4.73. The smallest absolute Gasteiger partial charge is 0.139 e. The minimum Gasteiger partial charge on any atom is -0.379 e. The Morgan fingerprint density at radius 2 is 1.71 bits per heavy atom. The predicted molar refractivity (Wildman–Crippen MR) is 123 cm³/mol. The Labute approximate surface area is 184 Å². The number of thiophene rings is 1. The molecule has 1 fully saturated rings. The Bertz CT molecular complexity index is 1150. The van der Waals surface area contributed by atoms with Crippen LogP contribution in [0.5, 0.6) is 0 Å². The molecular weight excluding hydrogens is 411 g/mol. The third kappa shape index (κ3) is 4.58. The molecule has 5 nitrogen and oxygen atoms in total. The van der Waals surface area contributed by atoms with E-state index in [9.17, 15) is 4.39 Å². The van der Waals surface area contributed by atoms with E-state index in [1.807, 2.05) is 0 Å². The van der Waals surface area contributed by atoms with Gasteiger partial charge in [0.1, 0.15) is 22.8 Å². The Kier molecular flexibility index (Phi) is 5.88. The topological polar surface area (TPSA) is 50.3 Å². The highest BCUT2D eigenvalue weighted by atomic mass is 32.1. The van der Waals surface area contributed by atoms with Crippen LogP contribution in [0.25, 0.3) is 21.3 Å². The summed E-state index contributed by atoms with van der Waals surface area (Å²) >= 11 is 1.57. The second-order valence-electron chi connectivity index (χ2n) is 7.62. The van der Waals surface area contributed by atoms with Crippen molar-refractivity contribution in [1.29, 1.82) is 0 Å². The monoisotopic (exact) mass is 434 g/mol. The van der Waals surface area contributed by atoms with Gasteiger partial charge in [-0.05, 0) is 28.8 Å². The van der Waals surface area contributed by atoms with Gasteiger partial charge in [0.25, 0.3) is 0 Å². The van der Waals surface area contributed by atoms with Crippen molar-refractivity contribution in [1.82, 2.24) is 14.9 Å². The number of halogens is 1. The first-order chi connectivity index (χ1) is 15.3. The quantitative estimate of drug-likeness (QED) is 0.466. The highest BCUT2D eigenvalue weighted by molar-refractivity contribution is 7.17. The van der Waals surface area contributed by atoms with Gasteiger partial charge >= 0.3 is 0 Å². The maximum atomic E-state index is 13.3. The van der Waals surface area contributed by atoms with Crippen LogP contribution in [0.1, 0.15) is 11.1 Å². The average Bonchev–Trinajstić information content (AvgIpc) is 3.25. The van der Waals surface area contributed by atoms with Crippen molar-refractivity contribution in [2.45, 2.75) is 13.1 Å². The van der Waals surface area contributed by atoms with Crippen LogP contribution in [-0.2, 0) is 17.8 Å². The first-order valence-corrected chi connectivity index (χ1v) is 11.2. The molecule has 5 rings (SSSR count). The molecule has 0 saturated carbocycles. The number of fused-ring (bicyclic) bond motifs is 1. The number of aromatic nitrogens is 2. The highest BCUT2D eigenvalue weighted by Gasteiger charge is 2.14. The van der Waals surface area contributed by atoms with Gasteiger partial charge in [-0.25, -0.2) is 14.4 Å². The fraction of sp³-hybridized carbons (Fsp3) is 0.250. The molecular formula is C24H23FN4OS. The lowest BCUT2D eigenvalue weighted by atomic mass is 10.1. The van der Waals surface area contributed by atoms with Gasteiger partial charge in [-0.2, -0.15) is 0 Å². The van der Waals surface area contributed by atoms with Crippen LogP contribution in [0.15, 0.2) is 60.2 Å². The number of rotatable bonds is 6. The Hall–Kier alpha value is -2.87. The maximum absolute atomic E-state index is 13.3. The van der Waals surface area contributed by atoms with Crippen molar-refractivity contribution in [3.63, 3.8) is 0 Å². The van der Waals surface area contributed by atoms with Crippen LogP contribution < -0.4 is 5.32 Å². The molecule has 1 aliphatic rings. The summed E-state index contributed by atoms with van der Waals surface area (Å²) in [7, 11) is 0. The molecule has 1 saturated heterocycles. The molecule has 7 heteroatoms. The molecule has 1 N–H and O–H groups in total. The largest absolute Gasteiger partial charge is 0.379 e. The van der Waals surface area contributed by atoms with Gasteiger partial charge in [0, 0.05) is 37.1 Å². The normalized spacial score (nSPS) is 14.7. The second kappa shape index (κ2) is 9.09. The molecule has 0 atom stereocenters. The van der Waals surface area contributed by atoms with E-state index < -0.39 is 0 Å². The molecule has 2 aromatic carbocycles. The Morgan fingerprint density at radius 3 is 2.48 bits per heavy atom. The zero-order chi connectivity index (χ0) is 21.0. The molecule has 31 heavy (non-hydrogen) atoms. The number of morpholine rings is 1. The van der Waals surface area contributed by atoms with Gasteiger partial charge in [0.2, 0.25) is 0 Å². The molecule has 0 amide bonds. The van der Waals surface area contributed by atoms with E-state index in [1.54, 1.807) is 29.8 Å². The number of anilines is 1. The molecule has 0 radical (unpaired) electrons. The molecule has 2 aromatic heterocycles. The molecule has 0 bridgehead atoms. The first-order valence-electron chi connectivity index (χ1n) is 10.4. The summed E-state index contributed by atoms with van der Waals surface area (Å²) in [5.74, 6) is 0.554. The zero-order valence-electron chi connectivity index (χ0n) is 17.1. The van der Waals surface area contributed by atoms with Crippen LogP contribution in [0.4, 0.5) is 10.2 Å². The van der Waals surface area contributed by atoms with E-state index in [1.165, 1.54) is 23.3 Å². The zero-order valence-corrected chi connectivity index (χ0v) is 17.9. The number of ether oxygens (including phenoxy) is 1. The lowest BCUT2D eigenvalue weighted by Gasteiger charge is -2.26. The summed E-state index contributed by atoms with van der Waals surface area (Å²) in [6, 6.07) is 15.3. The van der Waals surface area contributed by atoms with Crippen LogP contribution in [-0.4, -0.2) is 41.2 Å². The van der Waals surface area contributed by atoms with Crippen molar-refractivity contribution < 1.29 is 9.13 Å². The summed E-state index contributed by atoms with van der Waals surface area (Å²) in [4.78, 5) is 12.2. The maximum Gasteiger partial charge on any atom is 0.139 e. The molecule has 0 spiro atoms.